The molecule has 0 amide bonds. The maximum Gasteiger partial charge on any atom is 0.222 e. The second-order valence-electron chi connectivity index (χ2n) is 2.41. The average molecular weight is 234 g/mol. The zero-order valence-electron chi connectivity index (χ0n) is 6.45. The molecule has 1 atom stereocenters. The Balaban J connectivity index is 2.12. The molecule has 0 spiro atoms. The summed E-state index contributed by atoms with van der Waals surface area (Å²) in [7, 11) is 1.63. The van der Waals surface area contributed by atoms with Crippen molar-refractivity contribution >= 4 is 21.7 Å². The van der Waals surface area contributed by atoms with Gasteiger partial charge in [0.1, 0.15) is 6.61 Å². The van der Waals surface area contributed by atoms with Crippen LogP contribution in [0.3, 0.4) is 0 Å². The second-order valence-corrected chi connectivity index (χ2v) is 3.26. The molecule has 6 heteroatoms. The van der Waals surface area contributed by atoms with E-state index in [0.29, 0.717) is 6.61 Å². The number of anilines is 1. The van der Waals surface area contributed by atoms with Crippen LogP contribution in [0, 0.1) is 0 Å². The summed E-state index contributed by atoms with van der Waals surface area (Å²) >= 11 is 3.33. The number of hydrogen-bond acceptors (Lipinski definition) is 4. The number of halogens is 1. The largest absolute Gasteiger partial charge is 0.379 e. The molecule has 0 saturated heterocycles. The summed E-state index contributed by atoms with van der Waals surface area (Å²) in [5.41, 5.74) is 0. The summed E-state index contributed by atoms with van der Waals surface area (Å²) in [6, 6.07) is 0. The summed E-state index contributed by atoms with van der Waals surface area (Å²) in [6.07, 6.45) is 1.53. The van der Waals surface area contributed by atoms with Gasteiger partial charge in [0.25, 0.3) is 0 Å². The standard InChI is InChI=1S/C6H8BrN3O2/c1-11-3-5-9-6-4(7)2-8-10(6)12-5/h2,5,9H,3H2,1H3. The molecule has 0 aliphatic carbocycles. The Morgan fingerprint density at radius 2 is 2.75 bits per heavy atom. The molecular weight excluding hydrogens is 226 g/mol. The quantitative estimate of drug-likeness (QED) is 0.808. The fraction of sp³-hybridized carbons (Fsp3) is 0.500. The van der Waals surface area contributed by atoms with Crippen LogP contribution >= 0.6 is 15.9 Å². The van der Waals surface area contributed by atoms with Gasteiger partial charge < -0.3 is 14.9 Å². The van der Waals surface area contributed by atoms with E-state index in [2.05, 4.69) is 26.3 Å². The SMILES string of the molecule is COCC1Nc2c(Br)cnn2O1. The molecule has 0 saturated carbocycles. The third-order valence-corrected chi connectivity index (χ3v) is 2.12. The van der Waals surface area contributed by atoms with E-state index >= 15 is 0 Å². The summed E-state index contributed by atoms with van der Waals surface area (Å²) in [5.74, 6) is 0.831. The first-order chi connectivity index (χ1) is 5.81. The van der Waals surface area contributed by atoms with Gasteiger partial charge in [-0.1, -0.05) is 4.85 Å². The molecule has 0 bridgehead atoms. The molecule has 1 aliphatic heterocycles. The molecule has 1 aliphatic rings. The summed E-state index contributed by atoms with van der Waals surface area (Å²) in [4.78, 5) is 6.75. The number of rotatable bonds is 2. The van der Waals surface area contributed by atoms with Crippen molar-refractivity contribution in [3.8, 4) is 0 Å². The van der Waals surface area contributed by atoms with Gasteiger partial charge in [0.2, 0.25) is 6.23 Å². The minimum Gasteiger partial charge on any atom is -0.379 e. The summed E-state index contributed by atoms with van der Waals surface area (Å²) in [5, 5.41) is 7.05. The van der Waals surface area contributed by atoms with Crippen LogP contribution in [0.15, 0.2) is 10.7 Å². The Morgan fingerprint density at radius 3 is 3.42 bits per heavy atom. The van der Waals surface area contributed by atoms with Gasteiger partial charge in [0.15, 0.2) is 5.82 Å². The fourth-order valence-electron chi connectivity index (χ4n) is 1.04. The molecule has 0 radical (unpaired) electrons. The highest BCUT2D eigenvalue weighted by molar-refractivity contribution is 9.10. The summed E-state index contributed by atoms with van der Waals surface area (Å²) < 4.78 is 5.81. The third-order valence-electron chi connectivity index (χ3n) is 1.54. The zero-order chi connectivity index (χ0) is 8.55. The predicted molar refractivity (Wildman–Crippen MR) is 45.8 cm³/mol. The first-order valence-electron chi connectivity index (χ1n) is 3.47. The second kappa shape index (κ2) is 2.95. The van der Waals surface area contributed by atoms with Crippen LogP contribution in [0.2, 0.25) is 0 Å². The van der Waals surface area contributed by atoms with E-state index in [1.807, 2.05) is 0 Å². The van der Waals surface area contributed by atoms with E-state index in [0.717, 1.165) is 10.3 Å². The van der Waals surface area contributed by atoms with E-state index in [1.54, 1.807) is 13.3 Å². The van der Waals surface area contributed by atoms with Gasteiger partial charge in [0.05, 0.1) is 10.7 Å². The molecule has 1 unspecified atom stereocenters. The molecule has 1 aromatic heterocycles. The Labute approximate surface area is 77.7 Å². The number of fused-ring (bicyclic) bond motifs is 1. The number of aromatic nitrogens is 2. The van der Waals surface area contributed by atoms with Gasteiger partial charge in [0, 0.05) is 7.11 Å². The molecule has 0 aromatic carbocycles. The average Bonchev–Trinajstić information content (AvgIpc) is 2.55. The third kappa shape index (κ3) is 1.16. The van der Waals surface area contributed by atoms with Crippen LogP contribution in [0.4, 0.5) is 5.82 Å². The van der Waals surface area contributed by atoms with Crippen molar-refractivity contribution < 1.29 is 9.57 Å². The van der Waals surface area contributed by atoms with E-state index in [-0.39, 0.29) is 6.23 Å². The van der Waals surface area contributed by atoms with Gasteiger partial charge in [-0.2, -0.15) is 0 Å². The predicted octanol–water partition coefficient (Wildman–Crippen LogP) is 0.472. The van der Waals surface area contributed by atoms with Gasteiger partial charge in [-0.05, 0) is 15.9 Å². The Kier molecular flexibility index (Phi) is 1.93. The highest BCUT2D eigenvalue weighted by Crippen LogP contribution is 2.24. The van der Waals surface area contributed by atoms with Crippen molar-refractivity contribution in [2.24, 2.45) is 0 Å². The monoisotopic (exact) mass is 233 g/mol. The smallest absolute Gasteiger partial charge is 0.222 e. The van der Waals surface area contributed by atoms with Gasteiger partial charge in [-0.15, -0.1) is 5.10 Å². The lowest BCUT2D eigenvalue weighted by Gasteiger charge is -2.07. The number of hydrogen-bond donors (Lipinski definition) is 1. The van der Waals surface area contributed by atoms with Crippen LogP contribution in [0.25, 0.3) is 0 Å². The molecule has 5 nitrogen and oxygen atoms in total. The summed E-state index contributed by atoms with van der Waals surface area (Å²) in [6.45, 7) is 0.496. The molecule has 2 rings (SSSR count). The topological polar surface area (TPSA) is 48.3 Å². The highest BCUT2D eigenvalue weighted by Gasteiger charge is 2.24. The lowest BCUT2D eigenvalue weighted by molar-refractivity contribution is 0.0133. The maximum atomic E-state index is 5.31. The van der Waals surface area contributed by atoms with E-state index < -0.39 is 0 Å². The molecule has 1 aromatic rings. The minimum absolute atomic E-state index is 0.144. The molecule has 66 valence electrons. The van der Waals surface area contributed by atoms with E-state index in [1.165, 1.54) is 4.85 Å². The Morgan fingerprint density at radius 1 is 1.92 bits per heavy atom. The number of methoxy groups -OCH3 is 1. The van der Waals surface area contributed by atoms with Crippen molar-refractivity contribution in [3.63, 3.8) is 0 Å². The van der Waals surface area contributed by atoms with Crippen LogP contribution in [0.5, 0.6) is 0 Å². The van der Waals surface area contributed by atoms with E-state index in [9.17, 15) is 0 Å². The number of nitrogens with zero attached hydrogens (tertiary/aromatic N) is 2. The molecular formula is C6H8BrN3O2. The maximum absolute atomic E-state index is 5.31. The fourth-order valence-corrected chi connectivity index (χ4v) is 1.40. The van der Waals surface area contributed by atoms with Crippen molar-refractivity contribution in [3.05, 3.63) is 10.7 Å². The molecule has 2 heterocycles. The van der Waals surface area contributed by atoms with Crippen LogP contribution in [-0.4, -0.2) is 29.9 Å². The number of nitrogens with one attached hydrogen (secondary N) is 1. The highest BCUT2D eigenvalue weighted by atomic mass is 79.9. The van der Waals surface area contributed by atoms with Crippen LogP contribution in [-0.2, 0) is 4.74 Å². The zero-order valence-corrected chi connectivity index (χ0v) is 8.04. The van der Waals surface area contributed by atoms with Crippen molar-refractivity contribution in [2.75, 3.05) is 19.0 Å². The molecule has 1 N–H and O–H groups in total. The van der Waals surface area contributed by atoms with Crippen LogP contribution in [0.1, 0.15) is 0 Å². The Bertz CT molecular complexity index is 288. The number of ether oxygens (including phenoxy) is 1. The lowest BCUT2D eigenvalue weighted by atomic mass is 10.5. The minimum atomic E-state index is -0.144. The van der Waals surface area contributed by atoms with Crippen molar-refractivity contribution in [1.82, 2.24) is 9.94 Å². The van der Waals surface area contributed by atoms with Gasteiger partial charge >= 0.3 is 0 Å². The molecule has 12 heavy (non-hydrogen) atoms. The van der Waals surface area contributed by atoms with Crippen molar-refractivity contribution in [1.29, 1.82) is 0 Å². The molecule has 0 fully saturated rings. The first kappa shape index (κ1) is 7.88. The normalized spacial score (nSPS) is 20.0. The first-order valence-corrected chi connectivity index (χ1v) is 4.26. The Hall–Kier alpha value is -0.750. The lowest BCUT2D eigenvalue weighted by Crippen LogP contribution is -2.28. The van der Waals surface area contributed by atoms with Gasteiger partial charge in [-0.3, -0.25) is 0 Å². The van der Waals surface area contributed by atoms with Crippen LogP contribution < -0.4 is 10.2 Å². The van der Waals surface area contributed by atoms with E-state index in [4.69, 9.17) is 9.57 Å². The van der Waals surface area contributed by atoms with Crippen molar-refractivity contribution in [2.45, 2.75) is 6.23 Å². The van der Waals surface area contributed by atoms with Gasteiger partial charge in [-0.25, -0.2) is 0 Å².